The number of pyridine rings is 1. The molecule has 0 fully saturated rings. The number of fused-ring (bicyclic) bond motifs is 1. The van der Waals surface area contributed by atoms with Crippen LogP contribution in [0, 0.1) is 5.41 Å². The van der Waals surface area contributed by atoms with Gasteiger partial charge in [0.05, 0.1) is 37.8 Å². The van der Waals surface area contributed by atoms with E-state index in [4.69, 9.17) is 14.6 Å². The highest BCUT2D eigenvalue weighted by Crippen LogP contribution is 2.35. The highest BCUT2D eigenvalue weighted by atomic mass is 32.2. The van der Waals surface area contributed by atoms with Crippen molar-refractivity contribution in [3.63, 3.8) is 0 Å². The minimum Gasteiger partial charge on any atom is -0.481 e. The minimum absolute atomic E-state index is 0.000389. The molecule has 3 rings (SSSR count). The van der Waals surface area contributed by atoms with E-state index in [1.165, 1.54) is 6.20 Å². The van der Waals surface area contributed by atoms with Gasteiger partial charge >= 0.3 is 6.03 Å². The summed E-state index contributed by atoms with van der Waals surface area (Å²) in [5.41, 5.74) is 1.88. The van der Waals surface area contributed by atoms with Crippen LogP contribution >= 0.6 is 0 Å². The van der Waals surface area contributed by atoms with Gasteiger partial charge in [-0.15, -0.1) is 4.36 Å². The van der Waals surface area contributed by atoms with Crippen molar-refractivity contribution in [2.45, 2.75) is 64.8 Å². The first-order valence-electron chi connectivity index (χ1n) is 10.5. The zero-order valence-electron chi connectivity index (χ0n) is 19.6. The summed E-state index contributed by atoms with van der Waals surface area (Å²) in [5.74, 6) is 0.813. The quantitative estimate of drug-likeness (QED) is 0.689. The highest BCUT2D eigenvalue weighted by molar-refractivity contribution is 7.91. The van der Waals surface area contributed by atoms with Crippen molar-refractivity contribution >= 4 is 21.6 Å². The first-order chi connectivity index (χ1) is 14.8. The Balaban J connectivity index is 1.98. The van der Waals surface area contributed by atoms with Gasteiger partial charge in [-0.1, -0.05) is 41.5 Å². The Bertz CT molecular complexity index is 1120. The number of ether oxygens (including phenoxy) is 2. The molecule has 0 radical (unpaired) electrons. The molecular weight excluding hydrogens is 432 g/mol. The van der Waals surface area contributed by atoms with E-state index in [1.807, 2.05) is 41.5 Å². The Labute approximate surface area is 189 Å². The van der Waals surface area contributed by atoms with Crippen molar-refractivity contribution in [2.24, 2.45) is 14.9 Å². The lowest BCUT2D eigenvalue weighted by molar-refractivity contribution is 0.0972. The van der Waals surface area contributed by atoms with Gasteiger partial charge in [0.15, 0.2) is 9.92 Å². The lowest BCUT2D eigenvalue weighted by Gasteiger charge is -2.30. The Morgan fingerprint density at radius 2 is 2.03 bits per heavy atom. The van der Waals surface area contributed by atoms with E-state index in [2.05, 4.69) is 19.8 Å². The van der Waals surface area contributed by atoms with Crippen LogP contribution in [-0.4, -0.2) is 38.7 Å². The second kappa shape index (κ2) is 8.70. The second-order valence-electron chi connectivity index (χ2n) is 9.34. The molecule has 2 aromatic heterocycles. The Morgan fingerprint density at radius 1 is 1.34 bits per heavy atom. The van der Waals surface area contributed by atoms with Gasteiger partial charge in [0.25, 0.3) is 0 Å². The predicted molar refractivity (Wildman–Crippen MR) is 123 cm³/mol. The third kappa shape index (κ3) is 4.88. The number of rotatable bonds is 5. The fourth-order valence-electron chi connectivity index (χ4n) is 3.51. The summed E-state index contributed by atoms with van der Waals surface area (Å²) in [6.07, 6.45) is 1.35. The van der Waals surface area contributed by atoms with Crippen molar-refractivity contribution in [1.29, 1.82) is 0 Å². The number of urea groups is 1. The summed E-state index contributed by atoms with van der Waals surface area (Å²) in [6.45, 7) is 13.0. The number of hydrogen-bond acceptors (Lipinski definition) is 6. The van der Waals surface area contributed by atoms with E-state index in [0.717, 1.165) is 5.56 Å². The maximum absolute atomic E-state index is 13.2. The number of amides is 2. The molecule has 1 aliphatic heterocycles. The summed E-state index contributed by atoms with van der Waals surface area (Å²) >= 11 is 0. The largest absolute Gasteiger partial charge is 0.481 e. The van der Waals surface area contributed by atoms with Crippen molar-refractivity contribution < 1.29 is 18.5 Å². The van der Waals surface area contributed by atoms with Gasteiger partial charge in [-0.2, -0.15) is 5.10 Å². The van der Waals surface area contributed by atoms with E-state index in [1.54, 1.807) is 17.9 Å². The van der Waals surface area contributed by atoms with Crippen LogP contribution in [0.4, 0.5) is 10.5 Å². The van der Waals surface area contributed by atoms with Gasteiger partial charge in [-0.3, -0.25) is 0 Å². The van der Waals surface area contributed by atoms with Crippen LogP contribution in [0.15, 0.2) is 21.5 Å². The van der Waals surface area contributed by atoms with Gasteiger partial charge < -0.3 is 14.8 Å². The van der Waals surface area contributed by atoms with Crippen molar-refractivity contribution in [3.8, 4) is 11.8 Å². The summed E-state index contributed by atoms with van der Waals surface area (Å²) in [7, 11) is -2.04. The molecule has 11 heteroatoms. The number of anilines is 1. The molecule has 0 aliphatic carbocycles. The molecule has 2 amide bonds. The number of carbonyl (C=O) groups excluding carboxylic acids is 1. The molecule has 0 spiro atoms. The third-order valence-corrected chi connectivity index (χ3v) is 6.48. The fourth-order valence-corrected chi connectivity index (χ4v) is 4.51. The van der Waals surface area contributed by atoms with E-state index in [9.17, 15) is 9.00 Å². The average Bonchev–Trinajstić information content (AvgIpc) is 3.09. The zero-order valence-corrected chi connectivity index (χ0v) is 20.4. The minimum atomic E-state index is -3.58. The Hall–Kier alpha value is -2.66. The lowest BCUT2D eigenvalue weighted by Crippen LogP contribution is -2.33. The van der Waals surface area contributed by atoms with Crippen LogP contribution < -0.4 is 19.9 Å². The number of aromatic nitrogens is 3. The second-order valence-corrected chi connectivity index (χ2v) is 11.1. The van der Waals surface area contributed by atoms with Gasteiger partial charge in [-0.05, 0) is 17.4 Å². The van der Waals surface area contributed by atoms with Crippen LogP contribution in [-0.2, 0) is 16.5 Å². The number of nitrogens with one attached hydrogen (secondary N) is 1. The van der Waals surface area contributed by atoms with Gasteiger partial charge in [0.1, 0.15) is 4.90 Å². The maximum atomic E-state index is 13.2. The van der Waals surface area contributed by atoms with Gasteiger partial charge in [0, 0.05) is 11.5 Å². The summed E-state index contributed by atoms with van der Waals surface area (Å²) in [6, 6.07) is 0.944. The molecular formula is C21H32N6O4S. The number of methoxy groups -OCH3 is 1. The summed E-state index contributed by atoms with van der Waals surface area (Å²) < 4.78 is 29.7. The Kier molecular flexibility index (Phi) is 6.52. The maximum Gasteiger partial charge on any atom is 0.354 e. The molecule has 32 heavy (non-hydrogen) atoms. The Morgan fingerprint density at radius 3 is 2.62 bits per heavy atom. The SMILES string of the molecule is COc1cc(C(C)C)c(NC(=O)N=[S@](N)(=O)c2cnn3c2OCC(C)(C)C3)c(C(C)C)n1. The molecule has 0 aromatic carbocycles. The molecule has 0 bridgehead atoms. The number of nitrogens with zero attached hydrogens (tertiary/aromatic N) is 4. The number of hydrogen-bond donors (Lipinski definition) is 2. The number of carbonyl (C=O) groups is 1. The number of nitrogens with two attached hydrogens (primary N) is 1. The third-order valence-electron chi connectivity index (χ3n) is 5.14. The van der Waals surface area contributed by atoms with E-state index >= 15 is 0 Å². The smallest absolute Gasteiger partial charge is 0.354 e. The van der Waals surface area contributed by atoms with E-state index in [-0.39, 0.29) is 28.0 Å². The van der Waals surface area contributed by atoms with Gasteiger partial charge in [-0.25, -0.2) is 23.8 Å². The normalized spacial score (nSPS) is 16.8. The lowest BCUT2D eigenvalue weighted by atomic mass is 9.94. The molecule has 1 aliphatic rings. The summed E-state index contributed by atoms with van der Waals surface area (Å²) in [5, 5.41) is 13.0. The van der Waals surface area contributed by atoms with Crippen molar-refractivity contribution in [2.75, 3.05) is 19.0 Å². The fraction of sp³-hybridized carbons (Fsp3) is 0.571. The molecule has 0 unspecified atom stereocenters. The topological polar surface area (TPSA) is 134 Å². The molecule has 0 saturated heterocycles. The molecule has 3 N–H and O–H groups in total. The van der Waals surface area contributed by atoms with Crippen LogP contribution in [0.2, 0.25) is 0 Å². The van der Waals surface area contributed by atoms with Crippen molar-refractivity contribution in [3.05, 3.63) is 23.5 Å². The molecule has 176 valence electrons. The molecule has 0 saturated carbocycles. The predicted octanol–water partition coefficient (Wildman–Crippen LogP) is 3.88. The summed E-state index contributed by atoms with van der Waals surface area (Å²) in [4.78, 5) is 17.4. The van der Waals surface area contributed by atoms with Crippen molar-refractivity contribution in [1.82, 2.24) is 14.8 Å². The van der Waals surface area contributed by atoms with E-state index < -0.39 is 15.9 Å². The zero-order chi connectivity index (χ0) is 23.8. The standard InChI is InChI=1S/C21H32N6O4S/c1-12(2)14-8-16(30-7)24-17(13(3)4)18(14)25-20(28)26-32(22,29)15-9-23-27-10-21(5,6)11-31-19(15)27/h8-9,12-13H,10-11H2,1-7H3,(H3,22,25,26,28,29)/t32-/m0/s1. The van der Waals surface area contributed by atoms with Crippen LogP contribution in [0.25, 0.3) is 0 Å². The molecule has 3 heterocycles. The van der Waals surface area contributed by atoms with Crippen LogP contribution in [0.5, 0.6) is 11.8 Å². The molecule has 10 nitrogen and oxygen atoms in total. The monoisotopic (exact) mass is 464 g/mol. The van der Waals surface area contributed by atoms with E-state index in [0.29, 0.717) is 30.4 Å². The van der Waals surface area contributed by atoms with Gasteiger partial charge in [0.2, 0.25) is 11.8 Å². The van der Waals surface area contributed by atoms with Crippen LogP contribution in [0.3, 0.4) is 0 Å². The molecule has 1 atom stereocenters. The average molecular weight is 465 g/mol. The van der Waals surface area contributed by atoms with Crippen LogP contribution in [0.1, 0.15) is 64.6 Å². The highest BCUT2D eigenvalue weighted by Gasteiger charge is 2.32. The molecule has 2 aromatic rings. The first kappa shape index (κ1) is 24.0. The first-order valence-corrected chi connectivity index (χ1v) is 12.1.